The predicted octanol–water partition coefficient (Wildman–Crippen LogP) is 7.01. The van der Waals surface area contributed by atoms with Crippen LogP contribution < -0.4 is 0 Å². The van der Waals surface area contributed by atoms with Crippen LogP contribution in [0, 0.1) is 0 Å². The molecule has 0 amide bonds. The van der Waals surface area contributed by atoms with Crippen LogP contribution >= 0.6 is 31.9 Å². The zero-order valence-corrected chi connectivity index (χ0v) is 17.6. The predicted molar refractivity (Wildman–Crippen MR) is 105 cm³/mol. The van der Waals surface area contributed by atoms with Gasteiger partial charge in [-0.3, -0.25) is 4.79 Å². The Morgan fingerprint density at radius 3 is 2.22 bits per heavy atom. The van der Waals surface area contributed by atoms with Crippen LogP contribution in [0.4, 0.5) is 13.2 Å². The number of esters is 1. The van der Waals surface area contributed by atoms with Crippen LogP contribution in [0.3, 0.4) is 0 Å². The number of carbonyl (C=O) groups is 1. The third-order valence-corrected chi connectivity index (χ3v) is 5.28. The number of hydrogen-bond donors (Lipinski definition) is 0. The topological polar surface area (TPSA) is 26.3 Å². The van der Waals surface area contributed by atoms with Crippen molar-refractivity contribution in [1.82, 2.24) is 0 Å². The van der Waals surface area contributed by atoms with Gasteiger partial charge in [-0.1, -0.05) is 44.0 Å². The maximum Gasteiger partial charge on any atom is 0.416 e. The lowest BCUT2D eigenvalue weighted by Gasteiger charge is -2.19. The Bertz CT molecular complexity index is 926. The summed E-state index contributed by atoms with van der Waals surface area (Å²) < 4.78 is 46.5. The Hall–Kier alpha value is -1.60. The van der Waals surface area contributed by atoms with Crippen molar-refractivity contribution in [3.8, 4) is 11.1 Å². The smallest absolute Gasteiger partial charge is 0.416 e. The molecule has 142 valence electrons. The van der Waals surface area contributed by atoms with Gasteiger partial charge in [0, 0.05) is 8.95 Å². The molecule has 1 heterocycles. The molecule has 2 aromatic rings. The van der Waals surface area contributed by atoms with Crippen molar-refractivity contribution in [2.45, 2.75) is 32.0 Å². The Morgan fingerprint density at radius 2 is 1.70 bits per heavy atom. The summed E-state index contributed by atoms with van der Waals surface area (Å²) >= 11 is 6.75. The molecule has 1 aliphatic heterocycles. The molecule has 1 aliphatic rings. The molecule has 0 N–H and O–H groups in total. The van der Waals surface area contributed by atoms with E-state index < -0.39 is 17.3 Å². The van der Waals surface area contributed by atoms with E-state index in [0.29, 0.717) is 16.7 Å². The van der Waals surface area contributed by atoms with Crippen LogP contribution in [-0.2, 0) is 15.7 Å². The van der Waals surface area contributed by atoms with Crippen molar-refractivity contribution >= 4 is 43.9 Å². The molecule has 2 nitrogen and oxygen atoms in total. The van der Waals surface area contributed by atoms with E-state index in [1.54, 1.807) is 32.1 Å². The summed E-state index contributed by atoms with van der Waals surface area (Å²) in [4.78, 5) is 11.7. The van der Waals surface area contributed by atoms with Gasteiger partial charge in [-0.05, 0) is 66.4 Å². The van der Waals surface area contributed by atoms with Crippen molar-refractivity contribution in [3.05, 3.63) is 62.0 Å². The Labute approximate surface area is 171 Å². The summed E-state index contributed by atoms with van der Waals surface area (Å²) in [6.07, 6.45) is -2.58. The molecular formula is C20H15Br2F3O2. The molecule has 0 bridgehead atoms. The first-order valence-electron chi connectivity index (χ1n) is 8.06. The highest BCUT2D eigenvalue weighted by Crippen LogP contribution is 2.39. The van der Waals surface area contributed by atoms with Crippen LogP contribution in [0.5, 0.6) is 0 Å². The van der Waals surface area contributed by atoms with Crippen LogP contribution in [0.15, 0.2) is 50.9 Å². The quantitative estimate of drug-likeness (QED) is 0.412. The summed E-state index contributed by atoms with van der Waals surface area (Å²) in [5.74, 6) is -0.343. The minimum absolute atomic E-state index is 0.121. The molecule has 1 fully saturated rings. The lowest BCUT2D eigenvalue weighted by Crippen LogP contribution is -2.20. The average molecular weight is 504 g/mol. The van der Waals surface area contributed by atoms with Gasteiger partial charge >= 0.3 is 12.1 Å². The maximum atomic E-state index is 13.3. The fraction of sp³-hybridized carbons (Fsp3) is 0.250. The standard InChI is InChI=1S/C20H15Br2F3O2/c1-19(2)14(9-18(26)27-19)5-11-3-4-13(20(23,24)25)8-17(11)12-6-15(21)10-16(22)7-12/h3-8,10H,9H2,1-2H3/b14-5+. The number of alkyl halides is 3. The molecule has 0 radical (unpaired) electrons. The monoisotopic (exact) mass is 502 g/mol. The van der Waals surface area contributed by atoms with Gasteiger partial charge in [-0.2, -0.15) is 13.2 Å². The first kappa shape index (κ1) is 20.1. The molecule has 0 atom stereocenters. The normalized spacial score (nSPS) is 18.0. The molecule has 27 heavy (non-hydrogen) atoms. The second-order valence-electron chi connectivity index (χ2n) is 6.79. The summed E-state index contributed by atoms with van der Waals surface area (Å²) in [6.45, 7) is 3.53. The number of rotatable bonds is 2. The summed E-state index contributed by atoms with van der Waals surface area (Å²) in [7, 11) is 0. The molecular weight excluding hydrogens is 489 g/mol. The first-order valence-corrected chi connectivity index (χ1v) is 9.65. The van der Waals surface area contributed by atoms with Crippen LogP contribution in [0.1, 0.15) is 31.4 Å². The van der Waals surface area contributed by atoms with E-state index in [2.05, 4.69) is 31.9 Å². The van der Waals surface area contributed by atoms with Crippen molar-refractivity contribution in [2.75, 3.05) is 0 Å². The highest BCUT2D eigenvalue weighted by molar-refractivity contribution is 9.11. The summed E-state index contributed by atoms with van der Waals surface area (Å²) in [6, 6.07) is 8.92. The summed E-state index contributed by atoms with van der Waals surface area (Å²) in [5, 5.41) is 0. The molecule has 7 heteroatoms. The fourth-order valence-corrected chi connectivity index (χ4v) is 4.28. The SMILES string of the molecule is CC1(C)OC(=O)C/C1=C\c1ccc(C(F)(F)F)cc1-c1cc(Br)cc(Br)c1. The zero-order chi connectivity index (χ0) is 20.0. The minimum Gasteiger partial charge on any atom is -0.455 e. The Balaban J connectivity index is 2.21. The third kappa shape index (κ3) is 4.46. The lowest BCUT2D eigenvalue weighted by atomic mass is 9.91. The zero-order valence-electron chi connectivity index (χ0n) is 14.5. The van der Waals surface area contributed by atoms with E-state index in [1.165, 1.54) is 6.07 Å². The van der Waals surface area contributed by atoms with E-state index in [1.807, 2.05) is 6.07 Å². The number of hydrogen-bond acceptors (Lipinski definition) is 2. The van der Waals surface area contributed by atoms with Crippen LogP contribution in [0.2, 0.25) is 0 Å². The summed E-state index contributed by atoms with van der Waals surface area (Å²) in [5.41, 5.74) is 0.854. The van der Waals surface area contributed by atoms with Crippen molar-refractivity contribution in [2.24, 2.45) is 0 Å². The highest BCUT2D eigenvalue weighted by Gasteiger charge is 2.36. The van der Waals surface area contributed by atoms with E-state index in [0.717, 1.165) is 26.7 Å². The number of ether oxygens (including phenoxy) is 1. The number of cyclic esters (lactones) is 1. The molecule has 1 saturated heterocycles. The fourth-order valence-electron chi connectivity index (χ4n) is 2.98. The van der Waals surface area contributed by atoms with Gasteiger partial charge in [0.25, 0.3) is 0 Å². The van der Waals surface area contributed by atoms with E-state index in [9.17, 15) is 18.0 Å². The highest BCUT2D eigenvalue weighted by atomic mass is 79.9. The van der Waals surface area contributed by atoms with Crippen molar-refractivity contribution < 1.29 is 22.7 Å². The maximum absolute atomic E-state index is 13.3. The molecule has 0 aromatic heterocycles. The van der Waals surface area contributed by atoms with Gasteiger partial charge in [0.05, 0.1) is 12.0 Å². The van der Waals surface area contributed by atoms with E-state index in [-0.39, 0.29) is 12.4 Å². The first-order chi connectivity index (χ1) is 12.5. The molecule has 0 aliphatic carbocycles. The third-order valence-electron chi connectivity index (χ3n) is 4.36. The van der Waals surface area contributed by atoms with Gasteiger partial charge < -0.3 is 4.74 Å². The molecule has 0 saturated carbocycles. The average Bonchev–Trinajstić information content (AvgIpc) is 2.77. The van der Waals surface area contributed by atoms with Gasteiger partial charge in [-0.15, -0.1) is 0 Å². The second-order valence-corrected chi connectivity index (χ2v) is 8.62. The Kier molecular flexibility index (Phi) is 5.29. The van der Waals surface area contributed by atoms with Crippen molar-refractivity contribution in [3.63, 3.8) is 0 Å². The molecule has 0 unspecified atom stereocenters. The second kappa shape index (κ2) is 7.09. The molecule has 3 rings (SSSR count). The number of carbonyl (C=O) groups excluding carboxylic acids is 1. The lowest BCUT2D eigenvalue weighted by molar-refractivity contribution is -0.145. The van der Waals surface area contributed by atoms with Crippen LogP contribution in [-0.4, -0.2) is 11.6 Å². The Morgan fingerprint density at radius 1 is 1.07 bits per heavy atom. The van der Waals surface area contributed by atoms with Gasteiger partial charge in [-0.25, -0.2) is 0 Å². The molecule has 2 aromatic carbocycles. The number of benzene rings is 2. The van der Waals surface area contributed by atoms with Gasteiger partial charge in [0.2, 0.25) is 0 Å². The van der Waals surface area contributed by atoms with Crippen LogP contribution in [0.25, 0.3) is 17.2 Å². The van der Waals surface area contributed by atoms with E-state index in [4.69, 9.17) is 4.74 Å². The number of halogens is 5. The largest absolute Gasteiger partial charge is 0.455 e. The van der Waals surface area contributed by atoms with Gasteiger partial charge in [0.15, 0.2) is 0 Å². The molecule has 0 spiro atoms. The van der Waals surface area contributed by atoms with Gasteiger partial charge in [0.1, 0.15) is 5.60 Å². The minimum atomic E-state index is -4.45. The van der Waals surface area contributed by atoms with Crippen molar-refractivity contribution in [1.29, 1.82) is 0 Å². The van der Waals surface area contributed by atoms with E-state index >= 15 is 0 Å².